The number of carbonyl (C=O) groups excluding carboxylic acids is 1. The van der Waals surface area contributed by atoms with E-state index in [9.17, 15) is 13.2 Å². The third kappa shape index (κ3) is 4.87. The van der Waals surface area contributed by atoms with Gasteiger partial charge in [0.15, 0.2) is 15.0 Å². The average Bonchev–Trinajstić information content (AvgIpc) is 3.22. The minimum Gasteiger partial charge on any atom is -0.283 e. The number of anilines is 1. The molecule has 2 aromatic carbocycles. The van der Waals surface area contributed by atoms with E-state index in [2.05, 4.69) is 18.0 Å². The molecule has 32 heavy (non-hydrogen) atoms. The van der Waals surface area contributed by atoms with Crippen LogP contribution in [-0.2, 0) is 34.0 Å². The maximum absolute atomic E-state index is 13.4. The highest BCUT2D eigenvalue weighted by Crippen LogP contribution is 2.32. The lowest BCUT2D eigenvalue weighted by Crippen LogP contribution is -2.31. The van der Waals surface area contributed by atoms with Crippen molar-refractivity contribution in [2.75, 3.05) is 11.2 Å². The van der Waals surface area contributed by atoms with Crippen molar-refractivity contribution in [2.45, 2.75) is 31.2 Å². The molecule has 1 amide bonds. The lowest BCUT2D eigenvalue weighted by molar-refractivity contribution is -0.118. The first kappa shape index (κ1) is 22.1. The second-order valence-electron chi connectivity index (χ2n) is 7.55. The molecule has 0 atom stereocenters. The minimum atomic E-state index is -3.28. The van der Waals surface area contributed by atoms with Crippen molar-refractivity contribution in [3.05, 3.63) is 83.7 Å². The number of aromatic nitrogens is 2. The van der Waals surface area contributed by atoms with Crippen LogP contribution in [0.4, 0.5) is 5.13 Å². The van der Waals surface area contributed by atoms with Gasteiger partial charge in [0.2, 0.25) is 5.91 Å². The summed E-state index contributed by atoms with van der Waals surface area (Å²) in [5.74, 6) is -0.113. The first-order valence-corrected chi connectivity index (χ1v) is 12.9. The van der Waals surface area contributed by atoms with E-state index in [4.69, 9.17) is 4.98 Å². The van der Waals surface area contributed by atoms with Crippen LogP contribution in [-0.4, -0.2) is 30.5 Å². The Morgan fingerprint density at radius 2 is 1.81 bits per heavy atom. The van der Waals surface area contributed by atoms with Crippen LogP contribution in [0.15, 0.2) is 71.9 Å². The number of rotatable bonds is 7. The van der Waals surface area contributed by atoms with Gasteiger partial charge in [-0.15, -0.1) is 0 Å². The number of benzene rings is 2. The number of amides is 1. The van der Waals surface area contributed by atoms with Crippen molar-refractivity contribution >= 4 is 42.4 Å². The standard InChI is InChI=1S/C24H23N3O3S2/c1-3-19-7-4-8-21-23(19)26-24(31-21)27(16-18-6-5-13-25-15-18)22(28)14-17-9-11-20(12-10-17)32(2,29)30/h4-13,15H,3,14,16H2,1-2H3. The van der Waals surface area contributed by atoms with E-state index < -0.39 is 9.84 Å². The monoisotopic (exact) mass is 465 g/mol. The minimum absolute atomic E-state index is 0.113. The number of pyridine rings is 1. The van der Waals surface area contributed by atoms with Crippen molar-refractivity contribution in [3.8, 4) is 0 Å². The van der Waals surface area contributed by atoms with Crippen molar-refractivity contribution in [1.82, 2.24) is 9.97 Å². The van der Waals surface area contributed by atoms with Gasteiger partial charge in [0.25, 0.3) is 0 Å². The van der Waals surface area contributed by atoms with Gasteiger partial charge in [-0.2, -0.15) is 0 Å². The highest BCUT2D eigenvalue weighted by Gasteiger charge is 2.21. The van der Waals surface area contributed by atoms with Crippen molar-refractivity contribution in [1.29, 1.82) is 0 Å². The van der Waals surface area contributed by atoms with Gasteiger partial charge in [-0.1, -0.05) is 48.6 Å². The smallest absolute Gasteiger partial charge is 0.233 e. The van der Waals surface area contributed by atoms with Crippen LogP contribution >= 0.6 is 11.3 Å². The van der Waals surface area contributed by atoms with Crippen LogP contribution in [0.3, 0.4) is 0 Å². The van der Waals surface area contributed by atoms with Crippen molar-refractivity contribution < 1.29 is 13.2 Å². The van der Waals surface area contributed by atoms with E-state index in [-0.39, 0.29) is 17.2 Å². The van der Waals surface area contributed by atoms with Crippen LogP contribution in [0.5, 0.6) is 0 Å². The molecule has 2 aromatic heterocycles. The molecule has 0 unspecified atom stereocenters. The van der Waals surface area contributed by atoms with Gasteiger partial charge in [-0.3, -0.25) is 14.7 Å². The van der Waals surface area contributed by atoms with E-state index >= 15 is 0 Å². The fourth-order valence-corrected chi connectivity index (χ4v) is 5.12. The summed E-state index contributed by atoms with van der Waals surface area (Å²) in [7, 11) is -3.28. The zero-order valence-electron chi connectivity index (χ0n) is 17.9. The second-order valence-corrected chi connectivity index (χ2v) is 10.6. The summed E-state index contributed by atoms with van der Waals surface area (Å²) in [6.45, 7) is 2.45. The third-order valence-corrected chi connectivity index (χ3v) is 7.35. The number of para-hydroxylation sites is 1. The van der Waals surface area contributed by atoms with Gasteiger partial charge in [-0.25, -0.2) is 13.4 Å². The highest BCUT2D eigenvalue weighted by molar-refractivity contribution is 7.90. The van der Waals surface area contributed by atoms with Crippen LogP contribution in [0.2, 0.25) is 0 Å². The number of nitrogens with zero attached hydrogens (tertiary/aromatic N) is 3. The van der Waals surface area contributed by atoms with Gasteiger partial charge in [0.05, 0.1) is 28.1 Å². The quantitative estimate of drug-likeness (QED) is 0.403. The van der Waals surface area contributed by atoms with E-state index in [1.807, 2.05) is 24.3 Å². The van der Waals surface area contributed by atoms with E-state index in [1.54, 1.807) is 29.4 Å². The zero-order valence-corrected chi connectivity index (χ0v) is 19.5. The average molecular weight is 466 g/mol. The molecule has 0 fully saturated rings. The summed E-state index contributed by atoms with van der Waals surface area (Å²) >= 11 is 1.49. The third-order valence-electron chi connectivity index (χ3n) is 5.17. The Morgan fingerprint density at radius 1 is 1.03 bits per heavy atom. The van der Waals surface area contributed by atoms with Gasteiger partial charge in [-0.05, 0) is 47.4 Å². The van der Waals surface area contributed by atoms with Crippen molar-refractivity contribution in [2.24, 2.45) is 0 Å². The molecule has 164 valence electrons. The maximum Gasteiger partial charge on any atom is 0.233 e. The summed E-state index contributed by atoms with van der Waals surface area (Å²) in [5.41, 5.74) is 3.73. The van der Waals surface area contributed by atoms with Gasteiger partial charge in [0, 0.05) is 18.6 Å². The molecule has 0 saturated heterocycles. The summed E-state index contributed by atoms with van der Waals surface area (Å²) < 4.78 is 24.5. The van der Waals surface area contributed by atoms with Crippen LogP contribution in [0.1, 0.15) is 23.6 Å². The molecule has 2 heterocycles. The predicted molar refractivity (Wildman–Crippen MR) is 128 cm³/mol. The molecule has 0 aliphatic rings. The molecule has 0 radical (unpaired) electrons. The summed E-state index contributed by atoms with van der Waals surface area (Å²) in [6, 6.07) is 16.3. The zero-order chi connectivity index (χ0) is 22.7. The van der Waals surface area contributed by atoms with Crippen LogP contribution in [0, 0.1) is 0 Å². The molecule has 0 aliphatic heterocycles. The summed E-state index contributed by atoms with van der Waals surface area (Å²) in [5, 5.41) is 0.641. The Labute approximate surface area is 191 Å². The Hall–Kier alpha value is -3.10. The Balaban J connectivity index is 1.67. The number of thiazole rings is 1. The molecule has 0 saturated carbocycles. The number of hydrogen-bond donors (Lipinski definition) is 0. The van der Waals surface area contributed by atoms with Gasteiger partial charge in [0.1, 0.15) is 0 Å². The van der Waals surface area contributed by atoms with Crippen molar-refractivity contribution in [3.63, 3.8) is 0 Å². The largest absolute Gasteiger partial charge is 0.283 e. The molecular formula is C24H23N3O3S2. The topological polar surface area (TPSA) is 80.2 Å². The molecule has 0 aliphatic carbocycles. The van der Waals surface area contributed by atoms with Crippen LogP contribution < -0.4 is 4.90 Å². The van der Waals surface area contributed by atoms with Gasteiger partial charge >= 0.3 is 0 Å². The van der Waals surface area contributed by atoms with E-state index in [0.29, 0.717) is 11.7 Å². The second kappa shape index (κ2) is 9.18. The Kier molecular flexibility index (Phi) is 6.34. The lowest BCUT2D eigenvalue weighted by Gasteiger charge is -2.20. The summed E-state index contributed by atoms with van der Waals surface area (Å²) in [6.07, 6.45) is 5.61. The highest BCUT2D eigenvalue weighted by atomic mass is 32.2. The normalized spacial score (nSPS) is 11.6. The SMILES string of the molecule is CCc1cccc2sc(N(Cc3cccnc3)C(=O)Cc3ccc(S(C)(=O)=O)cc3)nc12. The first-order chi connectivity index (χ1) is 15.3. The predicted octanol–water partition coefficient (Wildman–Crippen LogP) is 4.43. The molecule has 6 nitrogen and oxygen atoms in total. The number of hydrogen-bond acceptors (Lipinski definition) is 6. The molecular weight excluding hydrogens is 442 g/mol. The Morgan fingerprint density at radius 3 is 2.47 bits per heavy atom. The lowest BCUT2D eigenvalue weighted by atomic mass is 10.1. The molecule has 4 rings (SSSR count). The Bertz CT molecular complexity index is 1350. The van der Waals surface area contributed by atoms with E-state index in [0.717, 1.165) is 33.3 Å². The first-order valence-electron chi connectivity index (χ1n) is 10.2. The maximum atomic E-state index is 13.4. The van der Waals surface area contributed by atoms with E-state index in [1.165, 1.54) is 29.7 Å². The molecule has 0 N–H and O–H groups in total. The molecule has 0 bridgehead atoms. The number of fused-ring (bicyclic) bond motifs is 1. The molecule has 8 heteroatoms. The number of sulfone groups is 1. The molecule has 0 spiro atoms. The number of carbonyl (C=O) groups is 1. The fourth-order valence-electron chi connectivity index (χ4n) is 3.46. The van der Waals surface area contributed by atoms with Gasteiger partial charge < -0.3 is 0 Å². The molecule has 4 aromatic rings. The summed E-state index contributed by atoms with van der Waals surface area (Å²) in [4.78, 5) is 24.3. The number of aryl methyl sites for hydroxylation is 1. The van der Waals surface area contributed by atoms with Crippen LogP contribution in [0.25, 0.3) is 10.2 Å². The fraction of sp³-hybridized carbons (Fsp3) is 0.208.